The summed E-state index contributed by atoms with van der Waals surface area (Å²) in [6.45, 7) is 3.52. The predicted octanol–water partition coefficient (Wildman–Crippen LogP) is 1.51. The van der Waals surface area contributed by atoms with Crippen LogP contribution in [0.2, 0.25) is 0 Å². The van der Waals surface area contributed by atoms with Crippen LogP contribution in [0.1, 0.15) is 32.6 Å². The average Bonchev–Trinajstić information content (AvgIpc) is 2.78. The summed E-state index contributed by atoms with van der Waals surface area (Å²) in [5.41, 5.74) is 0.154. The molecule has 0 aromatic carbocycles. The average molecular weight is 196 g/mol. The summed E-state index contributed by atoms with van der Waals surface area (Å²) in [6.07, 6.45) is 3.71. The third kappa shape index (κ3) is 0.920. The van der Waals surface area contributed by atoms with E-state index in [0.717, 1.165) is 25.7 Å². The van der Waals surface area contributed by atoms with E-state index in [-0.39, 0.29) is 11.3 Å². The van der Waals surface area contributed by atoms with Gasteiger partial charge in [-0.3, -0.25) is 4.79 Å². The summed E-state index contributed by atoms with van der Waals surface area (Å²) >= 11 is 0. The minimum absolute atomic E-state index is 0.0116. The molecule has 3 heteroatoms. The topological polar surface area (TPSA) is 35.5 Å². The zero-order valence-corrected chi connectivity index (χ0v) is 8.54. The molecule has 1 saturated heterocycles. The van der Waals surface area contributed by atoms with E-state index < -0.39 is 5.79 Å². The summed E-state index contributed by atoms with van der Waals surface area (Å²) in [5.74, 6) is -0.160. The van der Waals surface area contributed by atoms with Gasteiger partial charge >= 0.3 is 0 Å². The molecule has 0 N–H and O–H groups in total. The fraction of sp³-hybridized carbons (Fsp3) is 0.909. The van der Waals surface area contributed by atoms with Gasteiger partial charge in [0.2, 0.25) is 0 Å². The van der Waals surface area contributed by atoms with Crippen molar-refractivity contribution in [1.29, 1.82) is 0 Å². The smallest absolute Gasteiger partial charge is 0.178 e. The molecule has 0 aromatic rings. The molecule has 1 heterocycles. The molecule has 3 nitrogen and oxygen atoms in total. The summed E-state index contributed by atoms with van der Waals surface area (Å²) in [4.78, 5) is 11.9. The molecule has 1 spiro atoms. The molecule has 3 rings (SSSR count). The number of ketones is 1. The zero-order chi connectivity index (χ0) is 9.81. The molecule has 3 fully saturated rings. The quantitative estimate of drug-likeness (QED) is 0.589. The molecule has 0 unspecified atom stereocenters. The Labute approximate surface area is 83.8 Å². The number of ether oxygens (including phenoxy) is 2. The number of carbonyl (C=O) groups excluding carboxylic acids is 1. The van der Waals surface area contributed by atoms with Crippen molar-refractivity contribution in [2.75, 3.05) is 13.2 Å². The molecular formula is C11H16O3. The highest BCUT2D eigenvalue weighted by Crippen LogP contribution is 2.59. The van der Waals surface area contributed by atoms with Gasteiger partial charge in [0, 0.05) is 12.8 Å². The molecule has 2 saturated carbocycles. The molecule has 2 aliphatic carbocycles. The second kappa shape index (κ2) is 2.58. The van der Waals surface area contributed by atoms with Crippen LogP contribution in [-0.4, -0.2) is 24.8 Å². The highest BCUT2D eigenvalue weighted by molar-refractivity contribution is 5.85. The molecule has 78 valence electrons. The van der Waals surface area contributed by atoms with E-state index in [1.165, 1.54) is 0 Å². The van der Waals surface area contributed by atoms with Gasteiger partial charge in [0.25, 0.3) is 0 Å². The zero-order valence-electron chi connectivity index (χ0n) is 8.54. The van der Waals surface area contributed by atoms with Crippen molar-refractivity contribution in [3.05, 3.63) is 0 Å². The van der Waals surface area contributed by atoms with Crippen LogP contribution in [-0.2, 0) is 14.3 Å². The van der Waals surface area contributed by atoms with Crippen LogP contribution in [0.25, 0.3) is 0 Å². The van der Waals surface area contributed by atoms with Crippen molar-refractivity contribution >= 4 is 5.78 Å². The van der Waals surface area contributed by atoms with Crippen molar-refractivity contribution < 1.29 is 14.3 Å². The lowest BCUT2D eigenvalue weighted by molar-refractivity contribution is -0.190. The Morgan fingerprint density at radius 3 is 2.64 bits per heavy atom. The minimum Gasteiger partial charge on any atom is -0.347 e. The number of hydrogen-bond acceptors (Lipinski definition) is 3. The Morgan fingerprint density at radius 2 is 1.93 bits per heavy atom. The van der Waals surface area contributed by atoms with Crippen LogP contribution in [0.4, 0.5) is 0 Å². The molecule has 2 atom stereocenters. The highest BCUT2D eigenvalue weighted by atomic mass is 16.7. The fourth-order valence-corrected chi connectivity index (χ4v) is 3.52. The summed E-state index contributed by atoms with van der Waals surface area (Å²) in [5, 5.41) is 0. The Balaban J connectivity index is 1.99. The fourth-order valence-electron chi connectivity index (χ4n) is 3.52. The molecule has 1 aliphatic heterocycles. The molecule has 14 heavy (non-hydrogen) atoms. The number of rotatable bonds is 0. The van der Waals surface area contributed by atoms with Gasteiger partial charge < -0.3 is 9.47 Å². The van der Waals surface area contributed by atoms with Crippen molar-refractivity contribution in [2.45, 2.75) is 38.4 Å². The number of hydrogen-bond donors (Lipinski definition) is 0. The first-order valence-electron chi connectivity index (χ1n) is 5.47. The van der Waals surface area contributed by atoms with Gasteiger partial charge in [-0.2, -0.15) is 0 Å². The second-order valence-electron chi connectivity index (χ2n) is 5.06. The second-order valence-corrected chi connectivity index (χ2v) is 5.06. The lowest BCUT2D eigenvalue weighted by atomic mass is 9.81. The van der Waals surface area contributed by atoms with Crippen LogP contribution in [0, 0.1) is 11.3 Å². The number of fused-ring (bicyclic) bond motifs is 2. The number of carbonyl (C=O) groups is 1. The normalized spacial score (nSPS) is 44.9. The molecule has 3 aliphatic rings. The Bertz CT molecular complexity index is 280. The van der Waals surface area contributed by atoms with Crippen LogP contribution in [0.5, 0.6) is 0 Å². The lowest BCUT2D eigenvalue weighted by Crippen LogP contribution is -2.41. The van der Waals surface area contributed by atoms with Gasteiger partial charge in [-0.05, 0) is 18.3 Å². The summed E-state index contributed by atoms with van der Waals surface area (Å²) in [7, 11) is 0. The summed E-state index contributed by atoms with van der Waals surface area (Å²) in [6, 6.07) is 0. The van der Waals surface area contributed by atoms with Crippen LogP contribution in [0.15, 0.2) is 0 Å². The highest BCUT2D eigenvalue weighted by Gasteiger charge is 2.63. The SMILES string of the molecule is C[C@@]12CCC(=O)[C@@H]1C1(CC2)OCCO1. The maximum absolute atomic E-state index is 11.9. The molecule has 0 aromatic heterocycles. The maximum atomic E-state index is 11.9. The van der Waals surface area contributed by atoms with E-state index in [0.29, 0.717) is 19.0 Å². The van der Waals surface area contributed by atoms with Gasteiger partial charge in [-0.25, -0.2) is 0 Å². The Morgan fingerprint density at radius 1 is 1.21 bits per heavy atom. The maximum Gasteiger partial charge on any atom is 0.178 e. The first-order chi connectivity index (χ1) is 6.66. The number of Topliss-reactive ketones (excluding diaryl/α,β-unsaturated/α-hetero) is 1. The van der Waals surface area contributed by atoms with Crippen molar-refractivity contribution in [3.63, 3.8) is 0 Å². The molecule has 0 amide bonds. The summed E-state index contributed by atoms with van der Waals surface area (Å²) < 4.78 is 11.4. The molecule has 0 radical (unpaired) electrons. The lowest BCUT2D eigenvalue weighted by Gasteiger charge is -2.31. The van der Waals surface area contributed by atoms with E-state index in [2.05, 4.69) is 6.92 Å². The third-order valence-electron chi connectivity index (χ3n) is 4.22. The van der Waals surface area contributed by atoms with Crippen LogP contribution in [0.3, 0.4) is 0 Å². The van der Waals surface area contributed by atoms with Gasteiger partial charge in [-0.15, -0.1) is 0 Å². The van der Waals surface area contributed by atoms with E-state index in [1.807, 2.05) is 0 Å². The van der Waals surface area contributed by atoms with Gasteiger partial charge in [-0.1, -0.05) is 6.92 Å². The minimum atomic E-state index is -0.525. The molecular weight excluding hydrogens is 180 g/mol. The van der Waals surface area contributed by atoms with E-state index in [1.54, 1.807) is 0 Å². The van der Waals surface area contributed by atoms with Gasteiger partial charge in [0.15, 0.2) is 5.79 Å². The first-order valence-corrected chi connectivity index (χ1v) is 5.47. The van der Waals surface area contributed by atoms with Crippen molar-refractivity contribution in [2.24, 2.45) is 11.3 Å². The largest absolute Gasteiger partial charge is 0.347 e. The third-order valence-corrected chi connectivity index (χ3v) is 4.22. The van der Waals surface area contributed by atoms with Gasteiger partial charge in [0.1, 0.15) is 5.78 Å². The van der Waals surface area contributed by atoms with Crippen LogP contribution < -0.4 is 0 Å². The van der Waals surface area contributed by atoms with Crippen molar-refractivity contribution in [1.82, 2.24) is 0 Å². The van der Waals surface area contributed by atoms with E-state index >= 15 is 0 Å². The van der Waals surface area contributed by atoms with E-state index in [4.69, 9.17) is 9.47 Å². The predicted molar refractivity (Wildman–Crippen MR) is 49.7 cm³/mol. The van der Waals surface area contributed by atoms with E-state index in [9.17, 15) is 4.79 Å². The Hall–Kier alpha value is -0.410. The standard InChI is InChI=1S/C11H16O3/c1-10-3-2-8(12)9(10)11(5-4-10)13-6-7-14-11/h9H,2-7H2,1H3/t9-,10-/m0/s1. The molecule has 0 bridgehead atoms. The Kier molecular flexibility index (Phi) is 1.63. The van der Waals surface area contributed by atoms with Gasteiger partial charge in [0.05, 0.1) is 19.1 Å². The van der Waals surface area contributed by atoms with Crippen molar-refractivity contribution in [3.8, 4) is 0 Å². The monoisotopic (exact) mass is 196 g/mol. The first kappa shape index (κ1) is 8.86. The van der Waals surface area contributed by atoms with Crippen LogP contribution >= 0.6 is 0 Å².